The Morgan fingerprint density at radius 2 is 1.83 bits per heavy atom. The van der Waals surface area contributed by atoms with Gasteiger partial charge in [0.2, 0.25) is 0 Å². The van der Waals surface area contributed by atoms with E-state index in [-0.39, 0.29) is 5.95 Å². The van der Waals surface area contributed by atoms with E-state index in [1.165, 1.54) is 0 Å². The molecule has 3 aromatic rings. The maximum Gasteiger partial charge on any atom is 0.258 e. The molecule has 4 rings (SSSR count). The van der Waals surface area contributed by atoms with Gasteiger partial charge in [0.15, 0.2) is 11.4 Å². The molecule has 0 spiro atoms. The summed E-state index contributed by atoms with van der Waals surface area (Å²) < 4.78 is 6.90. The molecule has 23 heavy (non-hydrogen) atoms. The number of nitrogens with zero attached hydrogens (tertiary/aromatic N) is 5. The first-order chi connectivity index (χ1) is 11.1. The zero-order valence-corrected chi connectivity index (χ0v) is 14.0. The molecule has 0 bridgehead atoms. The number of anilines is 2. The molecule has 1 saturated heterocycles. The molecule has 120 valence electrons. The molecule has 0 unspecified atom stereocenters. The zero-order chi connectivity index (χ0) is 16.0. The second-order valence-electron chi connectivity index (χ2n) is 5.65. The number of rotatable bonds is 2. The van der Waals surface area contributed by atoms with E-state index in [4.69, 9.17) is 28.0 Å². The molecule has 6 nitrogen and oxygen atoms in total. The van der Waals surface area contributed by atoms with Crippen LogP contribution in [-0.4, -0.2) is 48.1 Å². The fraction of sp³-hybridized carbons (Fsp3) is 0.333. The van der Waals surface area contributed by atoms with Gasteiger partial charge in [0.05, 0.1) is 0 Å². The molecule has 0 saturated carbocycles. The summed E-state index contributed by atoms with van der Waals surface area (Å²) in [5.41, 5.74) is 2.18. The van der Waals surface area contributed by atoms with E-state index >= 15 is 0 Å². The van der Waals surface area contributed by atoms with Crippen molar-refractivity contribution in [2.24, 2.45) is 0 Å². The van der Waals surface area contributed by atoms with Gasteiger partial charge < -0.3 is 14.2 Å². The second-order valence-corrected chi connectivity index (χ2v) is 6.50. The standard InChI is InChI=1S/C15H15Cl2N5O/c1-20-6-8-21(9-7-20)14-13-12(18-15(19-14)22(16)17)10-4-2-3-5-11(10)23-13/h2-5H,6-9H2,1H3. The number of halogens is 2. The topological polar surface area (TPSA) is 48.6 Å². The minimum Gasteiger partial charge on any atom is -0.450 e. The normalized spacial score (nSPS) is 16.4. The van der Waals surface area contributed by atoms with Crippen LogP contribution in [-0.2, 0) is 0 Å². The third kappa shape index (κ3) is 2.56. The van der Waals surface area contributed by atoms with Crippen LogP contribution in [0.25, 0.3) is 22.1 Å². The third-order valence-corrected chi connectivity index (χ3v) is 4.45. The fourth-order valence-corrected chi connectivity index (χ4v) is 3.02. The molecular formula is C15H15Cl2N5O. The minimum atomic E-state index is 0.251. The van der Waals surface area contributed by atoms with Gasteiger partial charge >= 0.3 is 0 Å². The molecule has 1 aliphatic heterocycles. The number of hydrogen-bond donors (Lipinski definition) is 0. The van der Waals surface area contributed by atoms with E-state index < -0.39 is 0 Å². The first-order valence-electron chi connectivity index (χ1n) is 7.38. The van der Waals surface area contributed by atoms with E-state index in [1.54, 1.807) is 0 Å². The largest absolute Gasteiger partial charge is 0.450 e. The Labute approximate surface area is 143 Å². The Hall–Kier alpha value is -1.76. The van der Waals surface area contributed by atoms with Crippen LogP contribution in [0.15, 0.2) is 28.7 Å². The number of hydrogen-bond acceptors (Lipinski definition) is 6. The van der Waals surface area contributed by atoms with Gasteiger partial charge in [-0.15, -0.1) is 0 Å². The SMILES string of the molecule is CN1CCN(c2nc(N(Cl)Cl)nc3c2oc2ccccc23)CC1. The van der Waals surface area contributed by atoms with E-state index in [2.05, 4.69) is 26.8 Å². The second kappa shape index (κ2) is 5.70. The molecule has 0 aliphatic carbocycles. The molecule has 1 aliphatic rings. The highest BCUT2D eigenvalue weighted by Crippen LogP contribution is 2.35. The highest BCUT2D eigenvalue weighted by Gasteiger charge is 2.23. The van der Waals surface area contributed by atoms with Crippen molar-refractivity contribution in [1.82, 2.24) is 14.9 Å². The van der Waals surface area contributed by atoms with Gasteiger partial charge in [-0.3, -0.25) is 0 Å². The van der Waals surface area contributed by atoms with Gasteiger partial charge in [-0.05, 0) is 19.2 Å². The van der Waals surface area contributed by atoms with E-state index in [1.807, 2.05) is 24.3 Å². The van der Waals surface area contributed by atoms with Crippen LogP contribution in [0, 0.1) is 0 Å². The summed E-state index contributed by atoms with van der Waals surface area (Å²) in [6.07, 6.45) is 0. The van der Waals surface area contributed by atoms with Crippen LogP contribution < -0.4 is 8.84 Å². The molecule has 3 heterocycles. The molecule has 0 radical (unpaired) electrons. The predicted molar refractivity (Wildman–Crippen MR) is 93.2 cm³/mol. The molecule has 1 aromatic carbocycles. The summed E-state index contributed by atoms with van der Waals surface area (Å²) in [6.45, 7) is 3.66. The van der Waals surface area contributed by atoms with Crippen LogP contribution in [0.4, 0.5) is 11.8 Å². The average Bonchev–Trinajstić information content (AvgIpc) is 2.93. The molecular weight excluding hydrogens is 337 g/mol. The Kier molecular flexibility index (Phi) is 3.67. The van der Waals surface area contributed by atoms with Gasteiger partial charge in [0, 0.05) is 55.1 Å². The average molecular weight is 352 g/mol. The van der Waals surface area contributed by atoms with Crippen molar-refractivity contribution >= 4 is 57.4 Å². The van der Waals surface area contributed by atoms with Gasteiger partial charge in [0.1, 0.15) is 11.1 Å². The van der Waals surface area contributed by atoms with Crippen LogP contribution in [0.3, 0.4) is 0 Å². The number of aromatic nitrogens is 2. The molecule has 8 heteroatoms. The summed E-state index contributed by atoms with van der Waals surface area (Å²) in [7, 11) is 2.11. The van der Waals surface area contributed by atoms with Crippen molar-refractivity contribution in [2.45, 2.75) is 0 Å². The van der Waals surface area contributed by atoms with Crippen LogP contribution in [0.1, 0.15) is 0 Å². The lowest BCUT2D eigenvalue weighted by Gasteiger charge is -2.33. The number of fused-ring (bicyclic) bond motifs is 3. The van der Waals surface area contributed by atoms with Crippen molar-refractivity contribution in [3.05, 3.63) is 24.3 Å². The van der Waals surface area contributed by atoms with Crippen LogP contribution >= 0.6 is 23.6 Å². The zero-order valence-electron chi connectivity index (χ0n) is 12.5. The molecule has 0 atom stereocenters. The summed E-state index contributed by atoms with van der Waals surface area (Å²) in [5, 5.41) is 0.928. The lowest BCUT2D eigenvalue weighted by molar-refractivity contribution is 0.312. The highest BCUT2D eigenvalue weighted by atomic mass is 35.5. The molecule has 0 amide bonds. The lowest BCUT2D eigenvalue weighted by Crippen LogP contribution is -2.45. The van der Waals surface area contributed by atoms with Crippen molar-refractivity contribution in [1.29, 1.82) is 0 Å². The monoisotopic (exact) mass is 351 g/mol. The number of likely N-dealkylation sites (N-methyl/N-ethyl adjacent to an activating group) is 1. The number of furan rings is 1. The van der Waals surface area contributed by atoms with Gasteiger partial charge in [-0.2, -0.15) is 8.92 Å². The van der Waals surface area contributed by atoms with Crippen molar-refractivity contribution in [2.75, 3.05) is 42.1 Å². The van der Waals surface area contributed by atoms with Gasteiger partial charge in [-0.1, -0.05) is 12.1 Å². The van der Waals surface area contributed by atoms with E-state index in [0.717, 1.165) is 52.4 Å². The van der Waals surface area contributed by atoms with Gasteiger partial charge in [0.25, 0.3) is 5.95 Å². The smallest absolute Gasteiger partial charge is 0.258 e. The fourth-order valence-electron chi connectivity index (χ4n) is 2.87. The number of para-hydroxylation sites is 1. The summed E-state index contributed by atoms with van der Waals surface area (Å²) >= 11 is 11.7. The Bertz CT molecular complexity index is 858. The van der Waals surface area contributed by atoms with E-state index in [9.17, 15) is 0 Å². The maximum atomic E-state index is 6.01. The predicted octanol–water partition coefficient (Wildman–Crippen LogP) is 3.24. The molecule has 2 aromatic heterocycles. The van der Waals surface area contributed by atoms with Crippen molar-refractivity contribution in [3.8, 4) is 0 Å². The maximum absolute atomic E-state index is 6.01. The van der Waals surface area contributed by atoms with Crippen molar-refractivity contribution in [3.63, 3.8) is 0 Å². The van der Waals surface area contributed by atoms with E-state index in [0.29, 0.717) is 5.58 Å². The molecule has 1 fully saturated rings. The Balaban J connectivity index is 1.93. The summed E-state index contributed by atoms with van der Waals surface area (Å²) in [4.78, 5) is 13.4. The van der Waals surface area contributed by atoms with Crippen LogP contribution in [0.5, 0.6) is 0 Å². The minimum absolute atomic E-state index is 0.251. The highest BCUT2D eigenvalue weighted by molar-refractivity contribution is 6.48. The lowest BCUT2D eigenvalue weighted by atomic mass is 10.2. The molecule has 0 N–H and O–H groups in total. The quantitative estimate of drug-likeness (QED) is 0.660. The Morgan fingerprint density at radius 3 is 2.57 bits per heavy atom. The first kappa shape index (κ1) is 14.8. The first-order valence-corrected chi connectivity index (χ1v) is 8.05. The number of benzene rings is 1. The van der Waals surface area contributed by atoms with Crippen LogP contribution in [0.2, 0.25) is 0 Å². The number of piperazine rings is 1. The Morgan fingerprint density at radius 1 is 1.09 bits per heavy atom. The third-order valence-electron chi connectivity index (χ3n) is 4.14. The van der Waals surface area contributed by atoms with Gasteiger partial charge in [-0.25, -0.2) is 4.98 Å². The summed E-state index contributed by atoms with van der Waals surface area (Å²) in [6, 6.07) is 7.78. The summed E-state index contributed by atoms with van der Waals surface area (Å²) in [5.74, 6) is 0.988. The van der Waals surface area contributed by atoms with Crippen molar-refractivity contribution < 1.29 is 4.42 Å².